The summed E-state index contributed by atoms with van der Waals surface area (Å²) in [6.45, 7) is 0.680. The SMILES string of the molecule is Oc1c(F)cccc1O[C@H](COCc1ccccc1)[C@H](O)COCc1ccccc1. The average molecular weight is 412 g/mol. The minimum atomic E-state index is -1.05. The molecule has 0 spiro atoms. The van der Waals surface area contributed by atoms with Crippen LogP contribution in [-0.2, 0) is 22.7 Å². The van der Waals surface area contributed by atoms with E-state index in [2.05, 4.69) is 0 Å². The van der Waals surface area contributed by atoms with Gasteiger partial charge in [-0.05, 0) is 23.3 Å². The fourth-order valence-corrected chi connectivity index (χ4v) is 2.82. The van der Waals surface area contributed by atoms with Crippen LogP contribution < -0.4 is 4.74 Å². The lowest BCUT2D eigenvalue weighted by Crippen LogP contribution is -2.39. The van der Waals surface area contributed by atoms with E-state index in [1.54, 1.807) is 0 Å². The first kappa shape index (κ1) is 21.8. The summed E-state index contributed by atoms with van der Waals surface area (Å²) in [6, 6.07) is 23.1. The molecule has 0 amide bonds. The van der Waals surface area contributed by atoms with E-state index in [9.17, 15) is 14.6 Å². The van der Waals surface area contributed by atoms with Crippen molar-refractivity contribution >= 4 is 0 Å². The third kappa shape index (κ3) is 6.56. The number of phenols is 1. The van der Waals surface area contributed by atoms with Crippen molar-refractivity contribution in [1.29, 1.82) is 0 Å². The van der Waals surface area contributed by atoms with Gasteiger partial charge in [-0.25, -0.2) is 4.39 Å². The lowest BCUT2D eigenvalue weighted by atomic mass is 10.2. The van der Waals surface area contributed by atoms with E-state index in [0.717, 1.165) is 17.2 Å². The molecule has 0 radical (unpaired) electrons. The maximum Gasteiger partial charge on any atom is 0.194 e. The van der Waals surface area contributed by atoms with Crippen molar-refractivity contribution in [3.63, 3.8) is 0 Å². The van der Waals surface area contributed by atoms with Crippen molar-refractivity contribution in [1.82, 2.24) is 0 Å². The molecule has 30 heavy (non-hydrogen) atoms. The summed E-state index contributed by atoms with van der Waals surface area (Å²) in [5.74, 6) is -1.47. The Morgan fingerprint density at radius 2 is 1.30 bits per heavy atom. The van der Waals surface area contributed by atoms with Crippen LogP contribution in [0.2, 0.25) is 0 Å². The summed E-state index contributed by atoms with van der Waals surface area (Å²) in [6.07, 6.45) is -1.91. The standard InChI is InChI=1S/C24H25FO5/c25-20-12-7-13-22(24(20)27)30-23(17-29-15-19-10-5-2-6-11-19)21(26)16-28-14-18-8-3-1-4-9-18/h1-13,21,23,26-27H,14-17H2/t21-,23-/m1/s1. The van der Waals surface area contributed by atoms with Crippen LogP contribution in [0, 0.1) is 5.82 Å². The number of ether oxygens (including phenoxy) is 3. The highest BCUT2D eigenvalue weighted by Gasteiger charge is 2.24. The van der Waals surface area contributed by atoms with E-state index in [1.165, 1.54) is 12.1 Å². The molecule has 0 aliphatic carbocycles. The predicted molar refractivity (Wildman–Crippen MR) is 111 cm³/mol. The average Bonchev–Trinajstić information content (AvgIpc) is 2.77. The molecule has 0 aliphatic rings. The normalized spacial score (nSPS) is 13.0. The van der Waals surface area contributed by atoms with Gasteiger partial charge in [0.1, 0.15) is 6.10 Å². The number of hydrogen-bond acceptors (Lipinski definition) is 5. The fraction of sp³-hybridized carbons (Fsp3) is 0.250. The third-order valence-electron chi connectivity index (χ3n) is 4.45. The summed E-state index contributed by atoms with van der Waals surface area (Å²) in [4.78, 5) is 0. The van der Waals surface area contributed by atoms with Gasteiger partial charge in [0.05, 0.1) is 26.4 Å². The van der Waals surface area contributed by atoms with Crippen LogP contribution in [0.15, 0.2) is 78.9 Å². The van der Waals surface area contributed by atoms with Gasteiger partial charge < -0.3 is 24.4 Å². The van der Waals surface area contributed by atoms with Crippen molar-refractivity contribution in [2.75, 3.05) is 13.2 Å². The summed E-state index contributed by atoms with van der Waals surface area (Å²) in [5, 5.41) is 20.5. The highest BCUT2D eigenvalue weighted by Crippen LogP contribution is 2.29. The van der Waals surface area contributed by atoms with E-state index in [4.69, 9.17) is 14.2 Å². The molecule has 0 bridgehead atoms. The minimum Gasteiger partial charge on any atom is -0.502 e. The molecule has 0 aromatic heterocycles. The van der Waals surface area contributed by atoms with Crippen LogP contribution >= 0.6 is 0 Å². The monoisotopic (exact) mass is 412 g/mol. The molecule has 0 saturated carbocycles. The molecule has 5 nitrogen and oxygen atoms in total. The molecular weight excluding hydrogens is 387 g/mol. The van der Waals surface area contributed by atoms with Crippen LogP contribution in [0.4, 0.5) is 4.39 Å². The topological polar surface area (TPSA) is 68.2 Å². The van der Waals surface area contributed by atoms with Gasteiger partial charge >= 0.3 is 0 Å². The van der Waals surface area contributed by atoms with Crippen LogP contribution in [-0.4, -0.2) is 35.6 Å². The highest BCUT2D eigenvalue weighted by molar-refractivity contribution is 5.39. The van der Waals surface area contributed by atoms with E-state index in [0.29, 0.717) is 13.2 Å². The van der Waals surface area contributed by atoms with Gasteiger partial charge in [0.2, 0.25) is 0 Å². The number of benzene rings is 3. The van der Waals surface area contributed by atoms with Gasteiger partial charge in [-0.15, -0.1) is 0 Å². The second-order valence-corrected chi connectivity index (χ2v) is 6.81. The Labute approximate surface area is 175 Å². The van der Waals surface area contributed by atoms with Crippen LogP contribution in [0.3, 0.4) is 0 Å². The Morgan fingerprint density at radius 3 is 1.90 bits per heavy atom. The third-order valence-corrected chi connectivity index (χ3v) is 4.45. The number of halogens is 1. The Balaban J connectivity index is 1.60. The molecule has 158 valence electrons. The van der Waals surface area contributed by atoms with Gasteiger partial charge in [0.25, 0.3) is 0 Å². The van der Waals surface area contributed by atoms with Crippen molar-refractivity contribution < 1.29 is 28.8 Å². The lowest BCUT2D eigenvalue weighted by Gasteiger charge is -2.24. The van der Waals surface area contributed by atoms with Crippen LogP contribution in [0.5, 0.6) is 11.5 Å². The van der Waals surface area contributed by atoms with Crippen LogP contribution in [0.25, 0.3) is 0 Å². The zero-order valence-corrected chi connectivity index (χ0v) is 16.5. The number of para-hydroxylation sites is 1. The molecule has 0 fully saturated rings. The Kier molecular flexibility index (Phi) is 8.20. The highest BCUT2D eigenvalue weighted by atomic mass is 19.1. The van der Waals surface area contributed by atoms with Gasteiger partial charge in [0.15, 0.2) is 23.4 Å². The summed E-state index contributed by atoms with van der Waals surface area (Å²) in [7, 11) is 0. The maximum atomic E-state index is 13.6. The van der Waals surface area contributed by atoms with Gasteiger partial charge in [-0.1, -0.05) is 66.7 Å². The number of aliphatic hydroxyl groups is 1. The maximum absolute atomic E-state index is 13.6. The largest absolute Gasteiger partial charge is 0.502 e. The molecule has 0 aliphatic heterocycles. The molecule has 0 saturated heterocycles. The Hall–Kier alpha value is -2.93. The first-order valence-corrected chi connectivity index (χ1v) is 9.69. The van der Waals surface area contributed by atoms with E-state index in [1.807, 2.05) is 60.7 Å². The summed E-state index contributed by atoms with van der Waals surface area (Å²) < 4.78 is 30.6. The van der Waals surface area contributed by atoms with Crippen LogP contribution in [0.1, 0.15) is 11.1 Å². The fourth-order valence-electron chi connectivity index (χ4n) is 2.82. The predicted octanol–water partition coefficient (Wildman–Crippen LogP) is 4.07. The summed E-state index contributed by atoms with van der Waals surface area (Å²) >= 11 is 0. The zero-order chi connectivity index (χ0) is 21.2. The number of phenolic OH excluding ortho intramolecular Hbond substituents is 1. The van der Waals surface area contributed by atoms with E-state index < -0.39 is 23.8 Å². The molecule has 2 atom stereocenters. The number of aliphatic hydroxyl groups excluding tert-OH is 1. The smallest absolute Gasteiger partial charge is 0.194 e. The van der Waals surface area contributed by atoms with Gasteiger partial charge in [-0.2, -0.15) is 0 Å². The second kappa shape index (κ2) is 11.3. The number of hydrogen-bond donors (Lipinski definition) is 2. The van der Waals surface area contributed by atoms with Gasteiger partial charge in [-0.3, -0.25) is 0 Å². The molecule has 3 rings (SSSR count). The Bertz CT molecular complexity index is 889. The summed E-state index contributed by atoms with van der Waals surface area (Å²) in [5.41, 5.74) is 1.95. The van der Waals surface area contributed by atoms with Crippen molar-refractivity contribution in [2.45, 2.75) is 25.4 Å². The molecule has 6 heteroatoms. The first-order valence-electron chi connectivity index (χ1n) is 9.69. The van der Waals surface area contributed by atoms with Crippen molar-refractivity contribution in [3.8, 4) is 11.5 Å². The molecule has 2 N–H and O–H groups in total. The number of rotatable bonds is 11. The second-order valence-electron chi connectivity index (χ2n) is 6.81. The molecule has 0 heterocycles. The zero-order valence-electron chi connectivity index (χ0n) is 16.5. The van der Waals surface area contributed by atoms with Crippen molar-refractivity contribution in [3.05, 3.63) is 95.8 Å². The first-order chi connectivity index (χ1) is 14.6. The quantitative estimate of drug-likeness (QED) is 0.497. The molecule has 0 unspecified atom stereocenters. The lowest BCUT2D eigenvalue weighted by molar-refractivity contribution is -0.0658. The molecule has 3 aromatic rings. The van der Waals surface area contributed by atoms with Gasteiger partial charge in [0, 0.05) is 0 Å². The molecule has 3 aromatic carbocycles. The number of aromatic hydroxyl groups is 1. The molecular formula is C24H25FO5. The Morgan fingerprint density at radius 1 is 0.733 bits per heavy atom. The van der Waals surface area contributed by atoms with E-state index >= 15 is 0 Å². The van der Waals surface area contributed by atoms with E-state index in [-0.39, 0.29) is 19.0 Å². The van der Waals surface area contributed by atoms with Crippen molar-refractivity contribution in [2.24, 2.45) is 0 Å². The minimum absolute atomic E-state index is 0.00959.